The Morgan fingerprint density at radius 2 is 2.05 bits per heavy atom. The van der Waals surface area contributed by atoms with Crippen LogP contribution < -0.4 is 5.73 Å². The molecule has 1 aromatic heterocycles. The van der Waals surface area contributed by atoms with Crippen LogP contribution in [0.4, 0.5) is 5.69 Å². The molecule has 1 amide bonds. The van der Waals surface area contributed by atoms with Gasteiger partial charge in [-0.15, -0.1) is 0 Å². The lowest BCUT2D eigenvalue weighted by Crippen LogP contribution is -2.31. The highest BCUT2D eigenvalue weighted by Gasteiger charge is 2.30. The van der Waals surface area contributed by atoms with Gasteiger partial charge in [0.2, 0.25) is 0 Å². The van der Waals surface area contributed by atoms with E-state index in [1.807, 2.05) is 15.7 Å². The number of hydrogen-bond donors (Lipinski definition) is 1. The fourth-order valence-corrected chi connectivity index (χ4v) is 2.78. The van der Waals surface area contributed by atoms with Crippen molar-refractivity contribution in [1.82, 2.24) is 9.47 Å². The molecule has 1 atom stereocenters. The fraction of sp³-hybridized carbons (Fsp3) is 0.667. The number of likely N-dealkylation sites (tertiary alicyclic amines) is 1. The predicted octanol–water partition coefficient (Wildman–Crippen LogP) is 2.77. The zero-order valence-electron chi connectivity index (χ0n) is 12.4. The molecule has 1 fully saturated rings. The van der Waals surface area contributed by atoms with Crippen molar-refractivity contribution in [3.8, 4) is 0 Å². The van der Waals surface area contributed by atoms with Crippen molar-refractivity contribution >= 4 is 11.6 Å². The van der Waals surface area contributed by atoms with Crippen LogP contribution in [-0.4, -0.2) is 28.5 Å². The zero-order valence-corrected chi connectivity index (χ0v) is 12.4. The maximum Gasteiger partial charge on any atom is 0.270 e. The Bertz CT molecular complexity index is 462. The Morgan fingerprint density at radius 1 is 1.37 bits per heavy atom. The summed E-state index contributed by atoms with van der Waals surface area (Å²) in [6.07, 6.45) is 2.97. The Kier molecular flexibility index (Phi) is 3.88. The van der Waals surface area contributed by atoms with E-state index in [4.69, 9.17) is 5.73 Å². The lowest BCUT2D eigenvalue weighted by molar-refractivity contribution is 0.0771. The molecule has 106 valence electrons. The highest BCUT2D eigenvalue weighted by Crippen LogP contribution is 2.26. The van der Waals surface area contributed by atoms with E-state index in [1.54, 1.807) is 6.07 Å². The SMILES string of the molecule is CC(C)C1CCN(C(=O)c2cc(N)cn2C(C)C)C1. The molecule has 2 rings (SSSR count). The van der Waals surface area contributed by atoms with E-state index in [2.05, 4.69) is 27.7 Å². The molecule has 1 aromatic rings. The van der Waals surface area contributed by atoms with Crippen LogP contribution in [0.25, 0.3) is 0 Å². The van der Waals surface area contributed by atoms with Gasteiger partial charge in [0.15, 0.2) is 0 Å². The molecular formula is C15H25N3O. The zero-order chi connectivity index (χ0) is 14.2. The summed E-state index contributed by atoms with van der Waals surface area (Å²) >= 11 is 0. The molecule has 19 heavy (non-hydrogen) atoms. The van der Waals surface area contributed by atoms with E-state index < -0.39 is 0 Å². The minimum atomic E-state index is 0.119. The van der Waals surface area contributed by atoms with Crippen LogP contribution in [0.15, 0.2) is 12.3 Å². The van der Waals surface area contributed by atoms with Crippen LogP contribution in [0, 0.1) is 11.8 Å². The van der Waals surface area contributed by atoms with Crippen LogP contribution in [-0.2, 0) is 0 Å². The first kappa shape index (κ1) is 14.0. The number of nitrogens with zero attached hydrogens (tertiary/aromatic N) is 2. The van der Waals surface area contributed by atoms with Crippen molar-refractivity contribution in [2.24, 2.45) is 11.8 Å². The largest absolute Gasteiger partial charge is 0.397 e. The maximum atomic E-state index is 12.6. The van der Waals surface area contributed by atoms with Crippen LogP contribution >= 0.6 is 0 Å². The molecule has 0 spiro atoms. The van der Waals surface area contributed by atoms with Gasteiger partial charge in [0.25, 0.3) is 5.91 Å². The summed E-state index contributed by atoms with van der Waals surface area (Å²) in [4.78, 5) is 14.6. The highest BCUT2D eigenvalue weighted by atomic mass is 16.2. The lowest BCUT2D eigenvalue weighted by Gasteiger charge is -2.20. The van der Waals surface area contributed by atoms with Crippen molar-refractivity contribution in [2.45, 2.75) is 40.2 Å². The summed E-state index contributed by atoms with van der Waals surface area (Å²) in [7, 11) is 0. The van der Waals surface area contributed by atoms with Crippen molar-refractivity contribution in [3.63, 3.8) is 0 Å². The molecule has 1 aliphatic rings. The number of hydrogen-bond acceptors (Lipinski definition) is 2. The molecule has 1 aliphatic heterocycles. The van der Waals surface area contributed by atoms with Crippen LogP contribution in [0.1, 0.15) is 50.6 Å². The number of aromatic nitrogens is 1. The van der Waals surface area contributed by atoms with Gasteiger partial charge in [-0.2, -0.15) is 0 Å². The Morgan fingerprint density at radius 3 is 2.58 bits per heavy atom. The maximum absolute atomic E-state index is 12.6. The summed E-state index contributed by atoms with van der Waals surface area (Å²) < 4.78 is 1.97. The van der Waals surface area contributed by atoms with Gasteiger partial charge in [-0.05, 0) is 38.2 Å². The van der Waals surface area contributed by atoms with E-state index >= 15 is 0 Å². The van der Waals surface area contributed by atoms with Crippen LogP contribution in [0.2, 0.25) is 0 Å². The number of rotatable bonds is 3. The smallest absolute Gasteiger partial charge is 0.270 e. The summed E-state index contributed by atoms with van der Waals surface area (Å²) in [6.45, 7) is 10.3. The van der Waals surface area contributed by atoms with E-state index in [-0.39, 0.29) is 11.9 Å². The van der Waals surface area contributed by atoms with Crippen molar-refractivity contribution in [1.29, 1.82) is 0 Å². The first-order chi connectivity index (χ1) is 8.90. The second-order valence-corrected chi connectivity index (χ2v) is 6.20. The minimum absolute atomic E-state index is 0.119. The minimum Gasteiger partial charge on any atom is -0.397 e. The van der Waals surface area contributed by atoms with Crippen molar-refractivity contribution in [2.75, 3.05) is 18.8 Å². The van der Waals surface area contributed by atoms with Crippen LogP contribution in [0.3, 0.4) is 0 Å². The van der Waals surface area contributed by atoms with Gasteiger partial charge in [0, 0.05) is 25.3 Å². The van der Waals surface area contributed by atoms with Gasteiger partial charge >= 0.3 is 0 Å². The third-order valence-corrected chi connectivity index (χ3v) is 4.10. The first-order valence-electron chi connectivity index (χ1n) is 7.16. The second-order valence-electron chi connectivity index (χ2n) is 6.20. The van der Waals surface area contributed by atoms with E-state index in [9.17, 15) is 4.79 Å². The number of nitrogens with two attached hydrogens (primary N) is 1. The predicted molar refractivity (Wildman–Crippen MR) is 78.1 cm³/mol. The molecule has 2 N–H and O–H groups in total. The first-order valence-corrected chi connectivity index (χ1v) is 7.16. The number of amides is 1. The molecule has 1 saturated heterocycles. The number of anilines is 1. The second kappa shape index (κ2) is 5.27. The fourth-order valence-electron chi connectivity index (χ4n) is 2.78. The third kappa shape index (κ3) is 2.77. The molecular weight excluding hydrogens is 238 g/mol. The normalized spacial score (nSPS) is 19.7. The molecule has 2 heterocycles. The average Bonchev–Trinajstić information content (AvgIpc) is 2.94. The quantitative estimate of drug-likeness (QED) is 0.911. The topological polar surface area (TPSA) is 51.3 Å². The Balaban J connectivity index is 2.17. The van der Waals surface area contributed by atoms with Gasteiger partial charge in [0.1, 0.15) is 5.69 Å². The summed E-state index contributed by atoms with van der Waals surface area (Å²) in [5, 5.41) is 0. The molecule has 4 heteroatoms. The molecule has 0 radical (unpaired) electrons. The summed E-state index contributed by atoms with van der Waals surface area (Å²) in [5.74, 6) is 1.39. The van der Waals surface area contributed by atoms with Gasteiger partial charge in [-0.3, -0.25) is 4.79 Å². The highest BCUT2D eigenvalue weighted by molar-refractivity contribution is 5.94. The summed E-state index contributed by atoms with van der Waals surface area (Å²) in [5.41, 5.74) is 7.22. The Hall–Kier alpha value is -1.45. The summed E-state index contributed by atoms with van der Waals surface area (Å²) in [6, 6.07) is 2.05. The number of carbonyl (C=O) groups is 1. The Labute approximate surface area is 115 Å². The van der Waals surface area contributed by atoms with Gasteiger partial charge in [0.05, 0.1) is 5.69 Å². The molecule has 1 unspecified atom stereocenters. The van der Waals surface area contributed by atoms with E-state index in [0.29, 0.717) is 17.5 Å². The number of carbonyl (C=O) groups excluding carboxylic acids is 1. The van der Waals surface area contributed by atoms with Gasteiger partial charge < -0.3 is 15.2 Å². The molecule has 0 bridgehead atoms. The van der Waals surface area contributed by atoms with Crippen molar-refractivity contribution < 1.29 is 4.79 Å². The molecule has 0 aliphatic carbocycles. The van der Waals surface area contributed by atoms with Gasteiger partial charge in [-0.1, -0.05) is 13.8 Å². The van der Waals surface area contributed by atoms with E-state index in [0.717, 1.165) is 25.2 Å². The lowest BCUT2D eigenvalue weighted by atomic mass is 9.95. The molecule has 0 aromatic carbocycles. The van der Waals surface area contributed by atoms with E-state index in [1.165, 1.54) is 0 Å². The third-order valence-electron chi connectivity index (χ3n) is 4.10. The monoisotopic (exact) mass is 263 g/mol. The van der Waals surface area contributed by atoms with Gasteiger partial charge in [-0.25, -0.2) is 0 Å². The number of nitrogen functional groups attached to an aromatic ring is 1. The average molecular weight is 263 g/mol. The molecule has 4 nitrogen and oxygen atoms in total. The standard InChI is InChI=1S/C15H25N3O/c1-10(2)12-5-6-17(8-12)15(19)14-7-13(16)9-18(14)11(3)4/h7,9-12H,5-6,8,16H2,1-4H3. The van der Waals surface area contributed by atoms with Crippen molar-refractivity contribution in [3.05, 3.63) is 18.0 Å². The molecule has 0 saturated carbocycles. The van der Waals surface area contributed by atoms with Crippen LogP contribution in [0.5, 0.6) is 0 Å².